The lowest BCUT2D eigenvalue weighted by Crippen LogP contribution is -2.40. The zero-order valence-electron chi connectivity index (χ0n) is 16.6. The van der Waals surface area contributed by atoms with E-state index in [1.165, 1.54) is 41.0 Å². The third-order valence-corrected chi connectivity index (χ3v) is 6.85. The van der Waals surface area contributed by atoms with Crippen LogP contribution in [-0.2, 0) is 21.3 Å². The van der Waals surface area contributed by atoms with Gasteiger partial charge < -0.3 is 14.6 Å². The number of hydrogen-bond acceptors (Lipinski definition) is 5. The zero-order valence-corrected chi connectivity index (χ0v) is 17.4. The van der Waals surface area contributed by atoms with Crippen molar-refractivity contribution < 1.29 is 22.3 Å². The molecule has 2 heterocycles. The van der Waals surface area contributed by atoms with Gasteiger partial charge in [0.15, 0.2) is 0 Å². The van der Waals surface area contributed by atoms with Gasteiger partial charge in [0.1, 0.15) is 5.82 Å². The Labute approximate surface area is 179 Å². The summed E-state index contributed by atoms with van der Waals surface area (Å²) in [6, 6.07) is 10.5. The molecule has 10 heteroatoms. The second-order valence-corrected chi connectivity index (χ2v) is 8.92. The van der Waals surface area contributed by atoms with Gasteiger partial charge in [-0.25, -0.2) is 17.8 Å². The van der Waals surface area contributed by atoms with E-state index < -0.39 is 21.7 Å². The molecule has 1 fully saturated rings. The number of rotatable bonds is 6. The van der Waals surface area contributed by atoms with Gasteiger partial charge in [-0.05, 0) is 35.9 Å². The van der Waals surface area contributed by atoms with E-state index in [-0.39, 0.29) is 30.1 Å². The average Bonchev–Trinajstić information content (AvgIpc) is 3.33. The molecule has 0 atom stereocenters. The normalized spacial score (nSPS) is 15.0. The lowest BCUT2D eigenvalue weighted by Gasteiger charge is -2.26. The number of carbonyl (C=O) groups is 1. The number of carbonyl (C=O) groups excluding carboxylic acids is 1. The molecule has 0 radical (unpaired) electrons. The summed E-state index contributed by atoms with van der Waals surface area (Å²) in [4.78, 5) is 16.5. The Kier molecular flexibility index (Phi) is 6.12. The maximum absolute atomic E-state index is 14.4. The molecule has 1 N–H and O–H groups in total. The van der Waals surface area contributed by atoms with Crippen molar-refractivity contribution in [3.63, 3.8) is 0 Å². The Balaban J connectivity index is 1.45. The minimum Gasteiger partial charge on any atom is -0.379 e. The number of ether oxygens (including phenoxy) is 1. The van der Waals surface area contributed by atoms with Gasteiger partial charge in [0.25, 0.3) is 5.91 Å². The molecule has 8 nitrogen and oxygen atoms in total. The summed E-state index contributed by atoms with van der Waals surface area (Å²) in [6.45, 7) is 1.34. The second kappa shape index (κ2) is 8.96. The van der Waals surface area contributed by atoms with Crippen LogP contribution in [0.15, 0.2) is 66.1 Å². The summed E-state index contributed by atoms with van der Waals surface area (Å²) in [5, 5.41) is 2.70. The van der Waals surface area contributed by atoms with Crippen LogP contribution in [0.5, 0.6) is 0 Å². The first-order chi connectivity index (χ1) is 14.9. The van der Waals surface area contributed by atoms with E-state index in [0.717, 1.165) is 0 Å². The number of imidazole rings is 1. The van der Waals surface area contributed by atoms with Crippen molar-refractivity contribution in [2.75, 3.05) is 26.3 Å². The molecule has 1 amide bonds. The van der Waals surface area contributed by atoms with Crippen molar-refractivity contribution in [1.29, 1.82) is 0 Å². The first kappa shape index (κ1) is 21.2. The molecule has 162 valence electrons. The molecule has 1 aliphatic heterocycles. The third kappa shape index (κ3) is 4.66. The SMILES string of the molecule is O=C(NCc1ccc(-n2ccnc2)c(F)c1)c1cccc(S(=O)(=O)N2CCOCC2)c1. The van der Waals surface area contributed by atoms with Crippen molar-refractivity contribution in [3.05, 3.63) is 78.1 Å². The lowest BCUT2D eigenvalue weighted by atomic mass is 10.1. The van der Waals surface area contributed by atoms with Crippen LogP contribution >= 0.6 is 0 Å². The lowest BCUT2D eigenvalue weighted by molar-refractivity contribution is 0.0730. The number of aromatic nitrogens is 2. The molecule has 2 aromatic carbocycles. The number of hydrogen-bond donors (Lipinski definition) is 1. The van der Waals surface area contributed by atoms with Gasteiger partial charge in [-0.1, -0.05) is 12.1 Å². The zero-order chi connectivity index (χ0) is 21.8. The van der Waals surface area contributed by atoms with Gasteiger partial charge in [0, 0.05) is 37.6 Å². The molecule has 0 spiro atoms. The number of amides is 1. The van der Waals surface area contributed by atoms with Crippen molar-refractivity contribution in [1.82, 2.24) is 19.2 Å². The average molecular weight is 444 g/mol. The van der Waals surface area contributed by atoms with Crippen molar-refractivity contribution in [2.24, 2.45) is 0 Å². The fourth-order valence-electron chi connectivity index (χ4n) is 3.29. The number of morpholine rings is 1. The van der Waals surface area contributed by atoms with Crippen LogP contribution in [-0.4, -0.2) is 54.5 Å². The molecule has 4 rings (SSSR count). The monoisotopic (exact) mass is 444 g/mol. The molecule has 1 aromatic heterocycles. The Bertz CT molecular complexity index is 1180. The van der Waals surface area contributed by atoms with Crippen LogP contribution in [0.2, 0.25) is 0 Å². The van der Waals surface area contributed by atoms with Crippen molar-refractivity contribution >= 4 is 15.9 Å². The molecule has 31 heavy (non-hydrogen) atoms. The van der Waals surface area contributed by atoms with Gasteiger partial charge in [-0.15, -0.1) is 0 Å². The summed E-state index contributed by atoms with van der Waals surface area (Å²) in [5.41, 5.74) is 1.14. The van der Waals surface area contributed by atoms with Crippen LogP contribution in [0.25, 0.3) is 5.69 Å². The van der Waals surface area contributed by atoms with Crippen molar-refractivity contribution in [2.45, 2.75) is 11.4 Å². The molecule has 0 unspecified atom stereocenters. The van der Waals surface area contributed by atoms with E-state index >= 15 is 0 Å². The molecular formula is C21H21FN4O4S. The Morgan fingerprint density at radius 1 is 1.16 bits per heavy atom. The minimum absolute atomic E-state index is 0.0535. The maximum Gasteiger partial charge on any atom is 0.251 e. The first-order valence-electron chi connectivity index (χ1n) is 9.68. The first-order valence-corrected chi connectivity index (χ1v) is 11.1. The highest BCUT2D eigenvalue weighted by molar-refractivity contribution is 7.89. The minimum atomic E-state index is -3.70. The fraction of sp³-hybridized carbons (Fsp3) is 0.238. The molecule has 0 saturated carbocycles. The number of nitrogens with one attached hydrogen (secondary N) is 1. The Morgan fingerprint density at radius 3 is 2.68 bits per heavy atom. The van der Waals surface area contributed by atoms with Gasteiger partial charge in [0.05, 0.1) is 30.1 Å². The van der Waals surface area contributed by atoms with Crippen LogP contribution in [0.4, 0.5) is 4.39 Å². The van der Waals surface area contributed by atoms with E-state index in [0.29, 0.717) is 24.5 Å². The number of benzene rings is 2. The molecule has 0 aliphatic carbocycles. The van der Waals surface area contributed by atoms with Crippen LogP contribution < -0.4 is 5.32 Å². The fourth-order valence-corrected chi connectivity index (χ4v) is 4.74. The highest BCUT2D eigenvalue weighted by Crippen LogP contribution is 2.19. The predicted octanol–water partition coefficient (Wildman–Crippen LogP) is 1.96. The highest BCUT2D eigenvalue weighted by Gasteiger charge is 2.26. The van der Waals surface area contributed by atoms with Gasteiger partial charge in [-0.2, -0.15) is 4.31 Å². The van der Waals surface area contributed by atoms with Gasteiger partial charge in [-0.3, -0.25) is 4.79 Å². The van der Waals surface area contributed by atoms with Gasteiger partial charge >= 0.3 is 0 Å². The van der Waals surface area contributed by atoms with E-state index in [1.807, 2.05) is 0 Å². The van der Waals surface area contributed by atoms with Crippen LogP contribution in [0.3, 0.4) is 0 Å². The summed E-state index contributed by atoms with van der Waals surface area (Å²) < 4.78 is 48.1. The predicted molar refractivity (Wildman–Crippen MR) is 111 cm³/mol. The van der Waals surface area contributed by atoms with Crippen LogP contribution in [0.1, 0.15) is 15.9 Å². The Hall–Kier alpha value is -3.08. The van der Waals surface area contributed by atoms with E-state index in [1.54, 1.807) is 29.1 Å². The summed E-state index contributed by atoms with van der Waals surface area (Å²) in [6.07, 6.45) is 4.69. The standard InChI is InChI=1S/C21H21FN4O4S/c22-19-12-16(4-5-20(19)25-7-6-23-15-25)14-24-21(27)17-2-1-3-18(13-17)31(28,29)26-8-10-30-11-9-26/h1-7,12-13,15H,8-11,14H2,(H,24,27). The topological polar surface area (TPSA) is 93.5 Å². The van der Waals surface area contributed by atoms with E-state index in [4.69, 9.17) is 4.74 Å². The summed E-state index contributed by atoms with van der Waals surface area (Å²) >= 11 is 0. The molecule has 1 saturated heterocycles. The summed E-state index contributed by atoms with van der Waals surface area (Å²) in [5.74, 6) is -0.888. The number of nitrogens with zero attached hydrogens (tertiary/aromatic N) is 3. The van der Waals surface area contributed by atoms with Gasteiger partial charge in [0.2, 0.25) is 10.0 Å². The van der Waals surface area contributed by atoms with E-state index in [2.05, 4.69) is 10.3 Å². The molecule has 3 aromatic rings. The quantitative estimate of drug-likeness (QED) is 0.627. The molecular weight excluding hydrogens is 423 g/mol. The molecule has 1 aliphatic rings. The number of halogens is 1. The third-order valence-electron chi connectivity index (χ3n) is 4.95. The van der Waals surface area contributed by atoms with Crippen LogP contribution in [0, 0.1) is 5.82 Å². The highest BCUT2D eigenvalue weighted by atomic mass is 32.2. The largest absolute Gasteiger partial charge is 0.379 e. The maximum atomic E-state index is 14.4. The van der Waals surface area contributed by atoms with Crippen molar-refractivity contribution in [3.8, 4) is 5.69 Å². The van der Waals surface area contributed by atoms with E-state index in [9.17, 15) is 17.6 Å². The summed E-state index contributed by atoms with van der Waals surface area (Å²) in [7, 11) is -3.70. The number of sulfonamides is 1. The second-order valence-electron chi connectivity index (χ2n) is 6.98. The Morgan fingerprint density at radius 2 is 1.97 bits per heavy atom. The smallest absolute Gasteiger partial charge is 0.251 e. The molecule has 0 bridgehead atoms.